The van der Waals surface area contributed by atoms with Crippen LogP contribution in [0.3, 0.4) is 0 Å². The monoisotopic (exact) mass is 287 g/mol. The van der Waals surface area contributed by atoms with Crippen molar-refractivity contribution < 1.29 is 4.74 Å². The summed E-state index contributed by atoms with van der Waals surface area (Å²) in [5.74, 6) is 3.05. The maximum atomic E-state index is 5.56. The van der Waals surface area contributed by atoms with Crippen molar-refractivity contribution in [1.82, 2.24) is 5.32 Å². The molecule has 21 heavy (non-hydrogen) atoms. The molecule has 1 N–H and O–H groups in total. The van der Waals surface area contributed by atoms with Crippen LogP contribution in [-0.4, -0.2) is 19.2 Å². The third-order valence-electron chi connectivity index (χ3n) is 5.21. The highest BCUT2D eigenvalue weighted by molar-refractivity contribution is 5.34. The minimum Gasteiger partial charge on any atom is -0.496 e. The molecule has 1 aromatic rings. The van der Waals surface area contributed by atoms with Gasteiger partial charge in [-0.3, -0.25) is 0 Å². The Morgan fingerprint density at radius 2 is 1.86 bits per heavy atom. The average molecular weight is 287 g/mol. The quantitative estimate of drug-likeness (QED) is 0.882. The maximum Gasteiger partial charge on any atom is 0.122 e. The highest BCUT2D eigenvalue weighted by Crippen LogP contribution is 2.61. The van der Waals surface area contributed by atoms with Gasteiger partial charge in [0.2, 0.25) is 0 Å². The number of para-hydroxylation sites is 1. The van der Waals surface area contributed by atoms with Gasteiger partial charge >= 0.3 is 0 Å². The molecule has 3 rings (SSSR count). The molecule has 0 spiro atoms. The predicted molar refractivity (Wildman–Crippen MR) is 87.7 cm³/mol. The second-order valence-electron chi connectivity index (χ2n) is 8.26. The smallest absolute Gasteiger partial charge is 0.122 e. The molecule has 2 unspecified atom stereocenters. The first-order valence-corrected chi connectivity index (χ1v) is 8.28. The van der Waals surface area contributed by atoms with Crippen molar-refractivity contribution in [2.45, 2.75) is 52.0 Å². The molecule has 2 aliphatic rings. The molecular weight excluding hydrogens is 258 g/mol. The van der Waals surface area contributed by atoms with Gasteiger partial charge in [-0.2, -0.15) is 0 Å². The minimum atomic E-state index is 0.195. The van der Waals surface area contributed by atoms with Crippen molar-refractivity contribution in [2.24, 2.45) is 17.3 Å². The number of ether oxygens (including phenoxy) is 1. The van der Waals surface area contributed by atoms with Gasteiger partial charge in [0.1, 0.15) is 5.75 Å². The predicted octanol–water partition coefficient (Wildman–Crippen LogP) is 4.04. The zero-order chi connectivity index (χ0) is 15.1. The number of methoxy groups -OCH3 is 1. The second-order valence-corrected chi connectivity index (χ2v) is 8.26. The van der Waals surface area contributed by atoms with Crippen molar-refractivity contribution in [3.63, 3.8) is 0 Å². The van der Waals surface area contributed by atoms with Gasteiger partial charge in [-0.05, 0) is 75.3 Å². The van der Waals surface area contributed by atoms with Gasteiger partial charge in [-0.25, -0.2) is 0 Å². The Bertz CT molecular complexity index is 493. The molecule has 2 aliphatic carbocycles. The van der Waals surface area contributed by atoms with Crippen LogP contribution in [0.5, 0.6) is 5.75 Å². The number of hydrogen-bond donors (Lipinski definition) is 1. The van der Waals surface area contributed by atoms with Gasteiger partial charge in [0.25, 0.3) is 0 Å². The molecule has 1 aromatic carbocycles. The lowest BCUT2D eigenvalue weighted by Gasteiger charge is -2.35. The van der Waals surface area contributed by atoms with Crippen LogP contribution in [0.4, 0.5) is 0 Å². The summed E-state index contributed by atoms with van der Waals surface area (Å²) >= 11 is 0. The van der Waals surface area contributed by atoms with E-state index in [1.165, 1.54) is 24.8 Å². The van der Waals surface area contributed by atoms with Crippen LogP contribution in [0.2, 0.25) is 0 Å². The SMILES string of the molecule is COc1ccccc1CC1(CNC(C)(C)C)CC2CC2C1. The topological polar surface area (TPSA) is 21.3 Å². The summed E-state index contributed by atoms with van der Waals surface area (Å²) in [4.78, 5) is 0. The summed E-state index contributed by atoms with van der Waals surface area (Å²) in [5, 5.41) is 3.76. The van der Waals surface area contributed by atoms with E-state index in [9.17, 15) is 0 Å². The van der Waals surface area contributed by atoms with Crippen LogP contribution in [0.1, 0.15) is 45.6 Å². The van der Waals surface area contributed by atoms with E-state index in [4.69, 9.17) is 4.74 Å². The van der Waals surface area contributed by atoms with Gasteiger partial charge in [-0.15, -0.1) is 0 Å². The highest BCUT2D eigenvalue weighted by Gasteiger charge is 2.53. The summed E-state index contributed by atoms with van der Waals surface area (Å²) in [6.45, 7) is 7.92. The summed E-state index contributed by atoms with van der Waals surface area (Å²) < 4.78 is 5.56. The van der Waals surface area contributed by atoms with Gasteiger partial charge in [0.15, 0.2) is 0 Å². The van der Waals surface area contributed by atoms with Gasteiger partial charge in [-0.1, -0.05) is 18.2 Å². The zero-order valence-electron chi connectivity index (χ0n) is 13.9. The lowest BCUT2D eigenvalue weighted by Crippen LogP contribution is -2.44. The van der Waals surface area contributed by atoms with Crippen molar-refractivity contribution in [2.75, 3.05) is 13.7 Å². The fraction of sp³-hybridized carbons (Fsp3) is 0.684. The molecule has 2 fully saturated rings. The third-order valence-corrected chi connectivity index (χ3v) is 5.21. The van der Waals surface area contributed by atoms with Crippen LogP contribution in [0, 0.1) is 17.3 Å². The lowest BCUT2D eigenvalue weighted by atomic mass is 9.76. The first-order valence-electron chi connectivity index (χ1n) is 8.28. The van der Waals surface area contributed by atoms with Crippen molar-refractivity contribution in [3.05, 3.63) is 29.8 Å². The molecule has 0 heterocycles. The van der Waals surface area contributed by atoms with Gasteiger partial charge in [0.05, 0.1) is 7.11 Å². The highest BCUT2D eigenvalue weighted by atomic mass is 16.5. The summed E-state index contributed by atoms with van der Waals surface area (Å²) in [7, 11) is 1.78. The molecule has 0 bridgehead atoms. The minimum absolute atomic E-state index is 0.195. The first kappa shape index (κ1) is 14.9. The van der Waals surface area contributed by atoms with Crippen LogP contribution in [0.25, 0.3) is 0 Å². The van der Waals surface area contributed by atoms with Crippen LogP contribution in [-0.2, 0) is 6.42 Å². The number of benzene rings is 1. The van der Waals surface area contributed by atoms with E-state index in [0.717, 1.165) is 30.6 Å². The number of hydrogen-bond acceptors (Lipinski definition) is 2. The fourth-order valence-corrected chi connectivity index (χ4v) is 4.06. The molecule has 2 saturated carbocycles. The van der Waals surface area contributed by atoms with E-state index < -0.39 is 0 Å². The second kappa shape index (κ2) is 5.31. The van der Waals surface area contributed by atoms with E-state index >= 15 is 0 Å². The Labute approximate surface area is 129 Å². The zero-order valence-corrected chi connectivity index (χ0v) is 13.9. The van der Waals surface area contributed by atoms with Crippen molar-refractivity contribution in [1.29, 1.82) is 0 Å². The molecule has 0 saturated heterocycles. The normalized spacial score (nSPS) is 31.0. The van der Waals surface area contributed by atoms with Crippen LogP contribution in [0.15, 0.2) is 24.3 Å². The van der Waals surface area contributed by atoms with E-state index in [2.05, 4.69) is 50.4 Å². The molecule has 2 atom stereocenters. The summed E-state index contributed by atoms with van der Waals surface area (Å²) in [5.41, 5.74) is 1.99. The van der Waals surface area contributed by atoms with Crippen LogP contribution < -0.4 is 10.1 Å². The fourth-order valence-electron chi connectivity index (χ4n) is 4.06. The Morgan fingerprint density at radius 1 is 1.19 bits per heavy atom. The number of nitrogens with one attached hydrogen (secondary N) is 1. The Morgan fingerprint density at radius 3 is 2.48 bits per heavy atom. The number of rotatable bonds is 5. The summed E-state index contributed by atoms with van der Waals surface area (Å²) in [6, 6.07) is 8.53. The molecule has 2 heteroatoms. The molecule has 116 valence electrons. The average Bonchev–Trinajstić information content (AvgIpc) is 3.05. The Kier molecular flexibility index (Phi) is 3.77. The third kappa shape index (κ3) is 3.42. The molecular formula is C19H29NO. The Hall–Kier alpha value is -1.02. The number of fused-ring (bicyclic) bond motifs is 1. The van der Waals surface area contributed by atoms with E-state index in [1.54, 1.807) is 7.11 Å². The van der Waals surface area contributed by atoms with Crippen molar-refractivity contribution in [3.8, 4) is 5.75 Å². The summed E-state index contributed by atoms with van der Waals surface area (Å²) in [6.07, 6.45) is 5.40. The van der Waals surface area contributed by atoms with Crippen molar-refractivity contribution >= 4 is 0 Å². The molecule has 0 radical (unpaired) electrons. The first-order chi connectivity index (χ1) is 9.91. The lowest BCUT2D eigenvalue weighted by molar-refractivity contribution is 0.220. The molecule has 0 amide bonds. The molecule has 0 aliphatic heterocycles. The largest absolute Gasteiger partial charge is 0.496 e. The van der Waals surface area contributed by atoms with E-state index in [1.807, 2.05) is 0 Å². The maximum absolute atomic E-state index is 5.56. The van der Waals surface area contributed by atoms with E-state index in [-0.39, 0.29) is 5.54 Å². The molecule has 2 nitrogen and oxygen atoms in total. The van der Waals surface area contributed by atoms with Gasteiger partial charge < -0.3 is 10.1 Å². The van der Waals surface area contributed by atoms with E-state index in [0.29, 0.717) is 5.41 Å². The molecule has 0 aromatic heterocycles. The van der Waals surface area contributed by atoms with Crippen LogP contribution >= 0.6 is 0 Å². The van der Waals surface area contributed by atoms with Gasteiger partial charge in [0, 0.05) is 12.1 Å². The Balaban J connectivity index is 1.76. The standard InChI is InChI=1S/C19H29NO/c1-18(2,3)20-13-19(11-15-9-16(15)12-19)10-14-7-5-6-8-17(14)21-4/h5-8,15-16,20H,9-13H2,1-4H3.